The first kappa shape index (κ1) is 11.3. The second-order valence-corrected chi connectivity index (χ2v) is 4.25. The first-order valence-electron chi connectivity index (χ1n) is 5.41. The molecule has 0 nitrogen and oxygen atoms in total. The third-order valence-corrected chi connectivity index (χ3v) is 3.14. The zero-order valence-corrected chi connectivity index (χ0v) is 8.59. The van der Waals surface area contributed by atoms with Crippen LogP contribution in [0.2, 0.25) is 0 Å². The van der Waals surface area contributed by atoms with E-state index in [1.807, 2.05) is 0 Å². The molecule has 0 amide bonds. The SMILES string of the molecule is C.CCC(C)c1cccc(C2CC2)c1. The van der Waals surface area contributed by atoms with Gasteiger partial charge in [-0.25, -0.2) is 0 Å². The van der Waals surface area contributed by atoms with Gasteiger partial charge in [-0.1, -0.05) is 45.5 Å². The topological polar surface area (TPSA) is 0 Å². The monoisotopic (exact) mass is 190 g/mol. The Bertz CT molecular complexity index is 284. The maximum absolute atomic E-state index is 2.41. The molecule has 0 heterocycles. The summed E-state index contributed by atoms with van der Waals surface area (Å²) in [4.78, 5) is 0. The Morgan fingerprint density at radius 2 is 2.07 bits per heavy atom. The van der Waals surface area contributed by atoms with E-state index >= 15 is 0 Å². The van der Waals surface area contributed by atoms with E-state index in [1.165, 1.54) is 24.8 Å². The minimum Gasteiger partial charge on any atom is -0.0776 e. The van der Waals surface area contributed by atoms with Crippen LogP contribution in [0.4, 0.5) is 0 Å². The third-order valence-electron chi connectivity index (χ3n) is 3.14. The van der Waals surface area contributed by atoms with Gasteiger partial charge in [0, 0.05) is 0 Å². The molecule has 0 radical (unpaired) electrons. The molecule has 0 aliphatic heterocycles. The fraction of sp³-hybridized carbons (Fsp3) is 0.571. The van der Waals surface area contributed by atoms with Gasteiger partial charge < -0.3 is 0 Å². The molecule has 2 rings (SSSR count). The highest BCUT2D eigenvalue weighted by atomic mass is 14.3. The van der Waals surface area contributed by atoms with E-state index in [0.717, 1.165) is 11.8 Å². The van der Waals surface area contributed by atoms with Crippen LogP contribution in [0.3, 0.4) is 0 Å². The molecule has 1 aliphatic rings. The molecular weight excluding hydrogens is 168 g/mol. The first-order valence-corrected chi connectivity index (χ1v) is 5.41. The van der Waals surface area contributed by atoms with Crippen molar-refractivity contribution in [2.45, 2.75) is 52.4 Å². The number of rotatable bonds is 3. The summed E-state index contributed by atoms with van der Waals surface area (Å²) in [6, 6.07) is 9.17. The Labute approximate surface area is 88.4 Å². The summed E-state index contributed by atoms with van der Waals surface area (Å²) >= 11 is 0. The van der Waals surface area contributed by atoms with Crippen molar-refractivity contribution in [1.29, 1.82) is 0 Å². The second kappa shape index (κ2) is 4.63. The standard InChI is InChI=1S/C13H18.CH4/c1-3-10(2)12-5-4-6-13(9-12)11-7-8-11;/h4-6,9-11H,3,7-8H2,1-2H3;1H4. The summed E-state index contributed by atoms with van der Waals surface area (Å²) in [5.41, 5.74) is 3.09. The van der Waals surface area contributed by atoms with Gasteiger partial charge in [0.2, 0.25) is 0 Å². The fourth-order valence-electron chi connectivity index (χ4n) is 1.77. The normalized spacial score (nSPS) is 17.3. The smallest absolute Gasteiger partial charge is 0.0161 e. The van der Waals surface area contributed by atoms with Crippen molar-refractivity contribution < 1.29 is 0 Å². The summed E-state index contributed by atoms with van der Waals surface area (Å²) in [5.74, 6) is 1.61. The summed E-state index contributed by atoms with van der Waals surface area (Å²) in [5, 5.41) is 0. The summed E-state index contributed by atoms with van der Waals surface area (Å²) in [7, 11) is 0. The van der Waals surface area contributed by atoms with Gasteiger partial charge in [-0.15, -0.1) is 0 Å². The van der Waals surface area contributed by atoms with Crippen LogP contribution >= 0.6 is 0 Å². The van der Waals surface area contributed by atoms with Gasteiger partial charge in [-0.2, -0.15) is 0 Å². The molecule has 1 atom stereocenters. The van der Waals surface area contributed by atoms with Crippen molar-refractivity contribution >= 4 is 0 Å². The van der Waals surface area contributed by atoms with Gasteiger partial charge in [0.25, 0.3) is 0 Å². The van der Waals surface area contributed by atoms with Crippen LogP contribution in [0.25, 0.3) is 0 Å². The molecule has 0 heteroatoms. The predicted molar refractivity (Wildman–Crippen MR) is 63.9 cm³/mol. The highest BCUT2D eigenvalue weighted by Crippen LogP contribution is 2.40. The minimum absolute atomic E-state index is 0. The molecule has 1 aromatic carbocycles. The maximum Gasteiger partial charge on any atom is -0.0161 e. The Hall–Kier alpha value is -0.780. The molecule has 78 valence electrons. The zero-order valence-electron chi connectivity index (χ0n) is 8.59. The molecule has 0 aromatic heterocycles. The Morgan fingerprint density at radius 3 is 2.64 bits per heavy atom. The van der Waals surface area contributed by atoms with Gasteiger partial charge in [-0.3, -0.25) is 0 Å². The summed E-state index contributed by atoms with van der Waals surface area (Å²) < 4.78 is 0. The second-order valence-electron chi connectivity index (χ2n) is 4.25. The molecule has 1 aliphatic carbocycles. The average Bonchev–Trinajstić information content (AvgIpc) is 3.00. The lowest BCUT2D eigenvalue weighted by atomic mass is 9.96. The Kier molecular flexibility index (Phi) is 3.74. The van der Waals surface area contributed by atoms with E-state index in [-0.39, 0.29) is 7.43 Å². The van der Waals surface area contributed by atoms with Crippen LogP contribution in [0, 0.1) is 0 Å². The molecular formula is C14H22. The van der Waals surface area contributed by atoms with E-state index in [2.05, 4.69) is 38.1 Å². The number of benzene rings is 1. The molecule has 0 N–H and O–H groups in total. The van der Waals surface area contributed by atoms with Crippen LogP contribution in [0.1, 0.15) is 63.5 Å². The zero-order chi connectivity index (χ0) is 9.26. The van der Waals surface area contributed by atoms with Gasteiger partial charge in [0.1, 0.15) is 0 Å². The predicted octanol–water partition coefficient (Wildman–Crippen LogP) is 4.71. The van der Waals surface area contributed by atoms with Crippen LogP contribution < -0.4 is 0 Å². The quantitative estimate of drug-likeness (QED) is 0.647. The lowest BCUT2D eigenvalue weighted by Gasteiger charge is -2.10. The van der Waals surface area contributed by atoms with Gasteiger partial charge in [0.15, 0.2) is 0 Å². The van der Waals surface area contributed by atoms with Crippen LogP contribution in [0.15, 0.2) is 24.3 Å². The highest BCUT2D eigenvalue weighted by Gasteiger charge is 2.23. The van der Waals surface area contributed by atoms with E-state index < -0.39 is 0 Å². The van der Waals surface area contributed by atoms with Crippen LogP contribution in [0.5, 0.6) is 0 Å². The van der Waals surface area contributed by atoms with Crippen molar-refractivity contribution in [3.05, 3.63) is 35.4 Å². The van der Waals surface area contributed by atoms with Gasteiger partial charge >= 0.3 is 0 Å². The van der Waals surface area contributed by atoms with Crippen LogP contribution in [-0.2, 0) is 0 Å². The summed E-state index contributed by atoms with van der Waals surface area (Å²) in [6.07, 6.45) is 4.06. The van der Waals surface area contributed by atoms with E-state index in [1.54, 1.807) is 5.56 Å². The highest BCUT2D eigenvalue weighted by molar-refractivity contribution is 5.30. The molecule has 1 saturated carbocycles. The summed E-state index contributed by atoms with van der Waals surface area (Å²) in [6.45, 7) is 4.57. The lowest BCUT2D eigenvalue weighted by molar-refractivity contribution is 0.732. The molecule has 0 saturated heterocycles. The minimum atomic E-state index is 0. The lowest BCUT2D eigenvalue weighted by Crippen LogP contribution is -1.92. The number of hydrogen-bond donors (Lipinski definition) is 0. The first-order chi connectivity index (χ1) is 6.31. The average molecular weight is 190 g/mol. The largest absolute Gasteiger partial charge is 0.0776 e. The maximum atomic E-state index is 2.41. The Morgan fingerprint density at radius 1 is 1.36 bits per heavy atom. The fourth-order valence-corrected chi connectivity index (χ4v) is 1.77. The van der Waals surface area contributed by atoms with E-state index in [0.29, 0.717) is 0 Å². The molecule has 14 heavy (non-hydrogen) atoms. The number of hydrogen-bond acceptors (Lipinski definition) is 0. The molecule has 0 spiro atoms. The molecule has 0 bridgehead atoms. The molecule has 1 fully saturated rings. The van der Waals surface area contributed by atoms with Gasteiger partial charge in [-0.05, 0) is 42.2 Å². The van der Waals surface area contributed by atoms with E-state index in [4.69, 9.17) is 0 Å². The molecule has 1 unspecified atom stereocenters. The molecule has 1 aromatic rings. The van der Waals surface area contributed by atoms with Crippen molar-refractivity contribution in [2.24, 2.45) is 0 Å². The van der Waals surface area contributed by atoms with Gasteiger partial charge in [0.05, 0.1) is 0 Å². The van der Waals surface area contributed by atoms with Crippen molar-refractivity contribution in [1.82, 2.24) is 0 Å². The van der Waals surface area contributed by atoms with Crippen molar-refractivity contribution in [2.75, 3.05) is 0 Å². The van der Waals surface area contributed by atoms with Crippen molar-refractivity contribution in [3.63, 3.8) is 0 Å². The third kappa shape index (κ3) is 2.37. The van der Waals surface area contributed by atoms with Crippen molar-refractivity contribution in [3.8, 4) is 0 Å². The van der Waals surface area contributed by atoms with E-state index in [9.17, 15) is 0 Å². The Balaban J connectivity index is 0.000000980. The van der Waals surface area contributed by atoms with Crippen LogP contribution in [-0.4, -0.2) is 0 Å².